The molecule has 98 valence electrons. The molecule has 1 aromatic carbocycles. The Hall–Kier alpha value is -1.49. The Bertz CT molecular complexity index is 592. The van der Waals surface area contributed by atoms with Crippen LogP contribution in [0.4, 0.5) is 5.69 Å². The van der Waals surface area contributed by atoms with Crippen molar-refractivity contribution in [3.63, 3.8) is 0 Å². The minimum Gasteiger partial charge on any atom is -0.384 e. The van der Waals surface area contributed by atoms with Gasteiger partial charge in [-0.3, -0.25) is 0 Å². The lowest BCUT2D eigenvalue weighted by molar-refractivity contribution is 0.365. The summed E-state index contributed by atoms with van der Waals surface area (Å²) in [6, 6.07) is 8.33. The normalized spacial score (nSPS) is 25.3. The average Bonchev–Trinajstić information content (AvgIpc) is 3.18. The second-order valence-corrected chi connectivity index (χ2v) is 6.32. The maximum atomic E-state index is 5.50. The molecule has 0 saturated carbocycles. The molecule has 1 aromatic heterocycles. The van der Waals surface area contributed by atoms with Crippen LogP contribution in [0.5, 0.6) is 0 Å². The minimum absolute atomic E-state index is 0.198. The molecule has 2 aliphatic rings. The summed E-state index contributed by atoms with van der Waals surface area (Å²) >= 11 is 1.94. The summed E-state index contributed by atoms with van der Waals surface area (Å²) in [4.78, 5) is 4.63. The Kier molecular flexibility index (Phi) is 2.72. The van der Waals surface area contributed by atoms with E-state index in [0.717, 1.165) is 18.3 Å². The zero-order valence-corrected chi connectivity index (χ0v) is 11.3. The molecule has 2 atom stereocenters. The number of hydrogen-bond donors (Lipinski definition) is 1. The van der Waals surface area contributed by atoms with Gasteiger partial charge in [0.05, 0.1) is 11.2 Å². The van der Waals surface area contributed by atoms with E-state index in [0.29, 0.717) is 5.25 Å². The van der Waals surface area contributed by atoms with Crippen LogP contribution in [0.25, 0.3) is 0 Å². The number of nitrogens with one attached hydrogen (secondary N) is 1. The van der Waals surface area contributed by atoms with Crippen molar-refractivity contribution in [3.8, 4) is 0 Å². The summed E-state index contributed by atoms with van der Waals surface area (Å²) in [7, 11) is 0. The maximum absolute atomic E-state index is 5.50. The molecular weight excluding hydrogens is 258 g/mol. The molecule has 4 rings (SSSR count). The molecule has 2 unspecified atom stereocenters. The second-order valence-electron chi connectivity index (χ2n) is 5.01. The third-order valence-electron chi connectivity index (χ3n) is 3.81. The van der Waals surface area contributed by atoms with Crippen LogP contribution in [0, 0.1) is 0 Å². The Morgan fingerprint density at radius 2 is 2.26 bits per heavy atom. The molecule has 19 heavy (non-hydrogen) atoms. The van der Waals surface area contributed by atoms with Gasteiger partial charge in [-0.05, 0) is 30.2 Å². The van der Waals surface area contributed by atoms with Gasteiger partial charge in [-0.1, -0.05) is 23.4 Å². The third-order valence-corrected chi connectivity index (χ3v) is 5.18. The van der Waals surface area contributed by atoms with E-state index in [2.05, 4.69) is 33.7 Å². The van der Waals surface area contributed by atoms with Crippen molar-refractivity contribution in [1.29, 1.82) is 0 Å². The zero-order valence-electron chi connectivity index (χ0n) is 10.5. The standard InChI is InChI=1S/C14H15N3OS/c1-2-5-11-9(4-1)10(8-15-11)14-16-13(17-18-14)12-6-3-7-19-12/h1-2,4-5,10,12,15H,3,6-8H2. The van der Waals surface area contributed by atoms with Gasteiger partial charge in [0.15, 0.2) is 5.82 Å². The molecule has 1 fully saturated rings. The molecular formula is C14H15N3OS. The molecule has 3 heterocycles. The van der Waals surface area contributed by atoms with E-state index in [1.807, 2.05) is 17.8 Å². The van der Waals surface area contributed by atoms with Crippen molar-refractivity contribution < 1.29 is 4.52 Å². The van der Waals surface area contributed by atoms with Gasteiger partial charge >= 0.3 is 0 Å². The molecule has 2 aromatic rings. The van der Waals surface area contributed by atoms with Crippen LogP contribution in [0.15, 0.2) is 28.8 Å². The smallest absolute Gasteiger partial charge is 0.236 e. The number of fused-ring (bicyclic) bond motifs is 1. The number of benzene rings is 1. The number of anilines is 1. The summed E-state index contributed by atoms with van der Waals surface area (Å²) in [5.74, 6) is 3.04. The highest BCUT2D eigenvalue weighted by Crippen LogP contribution is 2.40. The fourth-order valence-electron chi connectivity index (χ4n) is 2.81. The molecule has 2 aliphatic heterocycles. The summed E-state index contributed by atoms with van der Waals surface area (Å²) in [6.45, 7) is 0.846. The van der Waals surface area contributed by atoms with Crippen molar-refractivity contribution in [2.24, 2.45) is 0 Å². The van der Waals surface area contributed by atoms with E-state index in [-0.39, 0.29) is 5.92 Å². The first-order valence-corrected chi connectivity index (χ1v) is 7.74. The highest BCUT2D eigenvalue weighted by Gasteiger charge is 2.30. The van der Waals surface area contributed by atoms with Gasteiger partial charge in [0.2, 0.25) is 5.89 Å². The van der Waals surface area contributed by atoms with Gasteiger partial charge in [0.25, 0.3) is 0 Å². The van der Waals surface area contributed by atoms with Crippen molar-refractivity contribution >= 4 is 17.4 Å². The van der Waals surface area contributed by atoms with E-state index in [4.69, 9.17) is 4.52 Å². The first-order valence-electron chi connectivity index (χ1n) is 6.70. The predicted molar refractivity (Wildman–Crippen MR) is 75.5 cm³/mol. The van der Waals surface area contributed by atoms with E-state index in [1.54, 1.807) is 0 Å². The van der Waals surface area contributed by atoms with Crippen LogP contribution < -0.4 is 5.32 Å². The van der Waals surface area contributed by atoms with E-state index in [9.17, 15) is 0 Å². The number of para-hydroxylation sites is 1. The monoisotopic (exact) mass is 273 g/mol. The number of thioether (sulfide) groups is 1. The van der Waals surface area contributed by atoms with Gasteiger partial charge in [-0.2, -0.15) is 16.7 Å². The fourth-order valence-corrected chi connectivity index (χ4v) is 4.00. The first-order chi connectivity index (χ1) is 9.42. The van der Waals surface area contributed by atoms with Gasteiger partial charge < -0.3 is 9.84 Å². The molecule has 5 heteroatoms. The topological polar surface area (TPSA) is 51.0 Å². The number of nitrogens with zero attached hydrogens (tertiary/aromatic N) is 2. The Labute approximate surface area is 116 Å². The first kappa shape index (κ1) is 11.3. The number of hydrogen-bond acceptors (Lipinski definition) is 5. The largest absolute Gasteiger partial charge is 0.384 e. The van der Waals surface area contributed by atoms with Crippen molar-refractivity contribution in [3.05, 3.63) is 41.5 Å². The fraction of sp³-hybridized carbons (Fsp3) is 0.429. The molecule has 4 nitrogen and oxygen atoms in total. The van der Waals surface area contributed by atoms with Crippen molar-refractivity contribution in [1.82, 2.24) is 10.1 Å². The summed E-state index contributed by atoms with van der Waals surface area (Å²) in [6.07, 6.45) is 2.43. The lowest BCUT2D eigenvalue weighted by Gasteiger charge is -2.03. The quantitative estimate of drug-likeness (QED) is 0.910. The summed E-state index contributed by atoms with van der Waals surface area (Å²) in [5, 5.41) is 8.01. The van der Waals surface area contributed by atoms with E-state index < -0.39 is 0 Å². The van der Waals surface area contributed by atoms with Crippen LogP contribution in [0.3, 0.4) is 0 Å². The Morgan fingerprint density at radius 1 is 1.32 bits per heavy atom. The molecule has 0 bridgehead atoms. The molecule has 0 radical (unpaired) electrons. The highest BCUT2D eigenvalue weighted by atomic mass is 32.2. The summed E-state index contributed by atoms with van der Waals surface area (Å²) in [5.41, 5.74) is 2.44. The van der Waals surface area contributed by atoms with Crippen LogP contribution in [-0.2, 0) is 0 Å². The molecule has 1 saturated heterocycles. The van der Waals surface area contributed by atoms with Crippen LogP contribution >= 0.6 is 11.8 Å². The molecule has 1 N–H and O–H groups in total. The Morgan fingerprint density at radius 3 is 3.16 bits per heavy atom. The minimum atomic E-state index is 0.198. The lowest BCUT2D eigenvalue weighted by Crippen LogP contribution is -2.04. The van der Waals surface area contributed by atoms with Crippen LogP contribution in [0.1, 0.15) is 41.3 Å². The molecule has 0 amide bonds. The zero-order chi connectivity index (χ0) is 12.7. The van der Waals surface area contributed by atoms with E-state index >= 15 is 0 Å². The van der Waals surface area contributed by atoms with Crippen LogP contribution in [-0.4, -0.2) is 22.4 Å². The van der Waals surface area contributed by atoms with Gasteiger partial charge in [-0.15, -0.1) is 0 Å². The van der Waals surface area contributed by atoms with Crippen molar-refractivity contribution in [2.75, 3.05) is 17.6 Å². The number of aromatic nitrogens is 2. The Balaban J connectivity index is 1.63. The molecule has 0 spiro atoms. The van der Waals surface area contributed by atoms with Crippen molar-refractivity contribution in [2.45, 2.75) is 24.0 Å². The van der Waals surface area contributed by atoms with Crippen LogP contribution in [0.2, 0.25) is 0 Å². The maximum Gasteiger partial charge on any atom is 0.236 e. The van der Waals surface area contributed by atoms with Gasteiger partial charge in [0.1, 0.15) is 0 Å². The highest BCUT2D eigenvalue weighted by molar-refractivity contribution is 7.99. The van der Waals surface area contributed by atoms with E-state index in [1.165, 1.54) is 29.8 Å². The average molecular weight is 273 g/mol. The third kappa shape index (κ3) is 1.92. The van der Waals surface area contributed by atoms with Gasteiger partial charge in [-0.25, -0.2) is 0 Å². The molecule has 0 aliphatic carbocycles. The predicted octanol–water partition coefficient (Wildman–Crippen LogP) is 3.20. The second kappa shape index (κ2) is 4.56. The number of rotatable bonds is 2. The van der Waals surface area contributed by atoms with Gasteiger partial charge in [0, 0.05) is 12.2 Å². The lowest BCUT2D eigenvalue weighted by atomic mass is 10.0. The summed E-state index contributed by atoms with van der Waals surface area (Å²) < 4.78 is 5.50. The SMILES string of the molecule is c1ccc2c(c1)NCC2c1nc(C2CCCS2)no1.